The number of hydrogen-bond donors (Lipinski definition) is 1. The highest BCUT2D eigenvalue weighted by molar-refractivity contribution is 5.29. The highest BCUT2D eigenvalue weighted by Crippen LogP contribution is 2.24. The Hall–Kier alpha value is -2.66. The number of aromatic nitrogens is 3. The average Bonchev–Trinajstić information content (AvgIpc) is 3.08. The molecule has 0 radical (unpaired) electrons. The van der Waals surface area contributed by atoms with Crippen LogP contribution in [0.25, 0.3) is 5.82 Å². The summed E-state index contributed by atoms with van der Waals surface area (Å²) >= 11 is 0. The van der Waals surface area contributed by atoms with Crippen molar-refractivity contribution in [3.8, 4) is 5.82 Å². The fourth-order valence-electron chi connectivity index (χ4n) is 4.11. The van der Waals surface area contributed by atoms with Crippen LogP contribution in [-0.2, 0) is 19.4 Å². The Labute approximate surface area is 166 Å². The van der Waals surface area contributed by atoms with E-state index in [-0.39, 0.29) is 5.56 Å². The molecule has 2 aromatic heterocycles. The molecule has 0 aliphatic heterocycles. The molecule has 1 unspecified atom stereocenters. The second-order valence-corrected chi connectivity index (χ2v) is 7.60. The molecular weight excluding hydrogens is 348 g/mol. The third-order valence-electron chi connectivity index (χ3n) is 5.66. The molecule has 1 N–H and O–H groups in total. The lowest BCUT2D eigenvalue weighted by Gasteiger charge is -2.34. The van der Waals surface area contributed by atoms with E-state index in [4.69, 9.17) is 0 Å². The number of nitrogens with one attached hydrogen (secondary N) is 1. The first-order valence-electron chi connectivity index (χ1n) is 10.3. The van der Waals surface area contributed by atoms with Crippen LogP contribution in [0.1, 0.15) is 43.0 Å². The van der Waals surface area contributed by atoms with Crippen LogP contribution in [0.3, 0.4) is 0 Å². The molecule has 1 aliphatic rings. The van der Waals surface area contributed by atoms with E-state index in [9.17, 15) is 4.79 Å². The van der Waals surface area contributed by atoms with Crippen molar-refractivity contribution in [1.82, 2.24) is 19.7 Å². The molecular formula is C23H28N4O. The molecule has 28 heavy (non-hydrogen) atoms. The third kappa shape index (κ3) is 3.94. The van der Waals surface area contributed by atoms with Crippen molar-refractivity contribution in [2.75, 3.05) is 6.54 Å². The average molecular weight is 377 g/mol. The lowest BCUT2D eigenvalue weighted by molar-refractivity contribution is 0.168. The smallest absolute Gasteiger partial charge is 0.276 e. The molecule has 0 spiro atoms. The number of nitrogens with zero attached hydrogens (tertiary/aromatic N) is 3. The molecule has 0 fully saturated rings. The van der Waals surface area contributed by atoms with Crippen molar-refractivity contribution in [2.45, 2.75) is 51.6 Å². The quantitative estimate of drug-likeness (QED) is 0.684. The summed E-state index contributed by atoms with van der Waals surface area (Å²) in [5, 5.41) is 3.29. The summed E-state index contributed by atoms with van der Waals surface area (Å²) in [6.45, 7) is 4.25. The van der Waals surface area contributed by atoms with E-state index in [2.05, 4.69) is 52.2 Å². The number of fused-ring (bicyclic) bond motifs is 1. The maximum absolute atomic E-state index is 13.0. The molecule has 1 aromatic carbocycles. The van der Waals surface area contributed by atoms with Gasteiger partial charge in [0, 0.05) is 30.0 Å². The van der Waals surface area contributed by atoms with E-state index in [1.807, 2.05) is 18.2 Å². The van der Waals surface area contributed by atoms with Crippen molar-refractivity contribution >= 4 is 0 Å². The Morgan fingerprint density at radius 1 is 1.18 bits per heavy atom. The van der Waals surface area contributed by atoms with Gasteiger partial charge in [0.05, 0.1) is 0 Å². The van der Waals surface area contributed by atoms with Crippen LogP contribution in [0.5, 0.6) is 0 Å². The summed E-state index contributed by atoms with van der Waals surface area (Å²) in [6.07, 6.45) is 6.87. The van der Waals surface area contributed by atoms with Crippen molar-refractivity contribution in [3.63, 3.8) is 0 Å². The molecule has 0 bridgehead atoms. The molecule has 4 rings (SSSR count). The number of aromatic amines is 1. The monoisotopic (exact) mass is 376 g/mol. The van der Waals surface area contributed by atoms with E-state index < -0.39 is 0 Å². The van der Waals surface area contributed by atoms with Gasteiger partial charge in [-0.2, -0.15) is 0 Å². The van der Waals surface area contributed by atoms with E-state index in [0.29, 0.717) is 11.9 Å². The van der Waals surface area contributed by atoms with Crippen LogP contribution in [-0.4, -0.2) is 32.3 Å². The maximum atomic E-state index is 13.0. The third-order valence-corrected chi connectivity index (χ3v) is 5.66. The topological polar surface area (TPSA) is 53.9 Å². The van der Waals surface area contributed by atoms with Gasteiger partial charge in [-0.05, 0) is 49.9 Å². The SMILES string of the molecule is CCCCN(Cc1ccccc1)C1CCc2[nH]n(-c3ccccn3)c(=O)c2C1. The number of aryl methyl sites for hydroxylation is 1. The number of H-pyrrole nitrogens is 1. The molecule has 5 nitrogen and oxygen atoms in total. The van der Waals surface area contributed by atoms with E-state index in [0.717, 1.165) is 43.6 Å². The Kier molecular flexibility index (Phi) is 5.72. The van der Waals surface area contributed by atoms with Gasteiger partial charge in [-0.15, -0.1) is 0 Å². The van der Waals surface area contributed by atoms with Gasteiger partial charge in [0.1, 0.15) is 0 Å². The molecule has 0 amide bonds. The first kappa shape index (κ1) is 18.7. The molecule has 0 saturated carbocycles. The highest BCUT2D eigenvalue weighted by atomic mass is 16.1. The van der Waals surface area contributed by atoms with Crippen LogP contribution in [0.4, 0.5) is 0 Å². The van der Waals surface area contributed by atoms with Crippen molar-refractivity contribution < 1.29 is 0 Å². The highest BCUT2D eigenvalue weighted by Gasteiger charge is 2.28. The summed E-state index contributed by atoms with van der Waals surface area (Å²) in [6, 6.07) is 16.7. The summed E-state index contributed by atoms with van der Waals surface area (Å²) < 4.78 is 1.60. The first-order chi connectivity index (χ1) is 13.8. The zero-order valence-corrected chi connectivity index (χ0v) is 16.5. The van der Waals surface area contributed by atoms with E-state index >= 15 is 0 Å². The second kappa shape index (κ2) is 8.57. The lowest BCUT2D eigenvalue weighted by atomic mass is 9.91. The van der Waals surface area contributed by atoms with Crippen molar-refractivity contribution in [1.29, 1.82) is 0 Å². The van der Waals surface area contributed by atoms with Crippen LogP contribution < -0.4 is 5.56 Å². The number of pyridine rings is 1. The number of benzene rings is 1. The Balaban J connectivity index is 1.57. The Morgan fingerprint density at radius 3 is 2.75 bits per heavy atom. The minimum Gasteiger partial charge on any atom is -0.296 e. The van der Waals surface area contributed by atoms with E-state index in [1.165, 1.54) is 18.4 Å². The van der Waals surface area contributed by atoms with Crippen LogP contribution >= 0.6 is 0 Å². The zero-order chi connectivity index (χ0) is 19.3. The summed E-state index contributed by atoms with van der Waals surface area (Å²) in [5.41, 5.74) is 3.39. The van der Waals surface area contributed by atoms with Crippen molar-refractivity contribution in [3.05, 3.63) is 81.9 Å². The van der Waals surface area contributed by atoms with Gasteiger partial charge in [0.2, 0.25) is 0 Å². The van der Waals surface area contributed by atoms with E-state index in [1.54, 1.807) is 10.9 Å². The number of rotatable bonds is 7. The van der Waals surface area contributed by atoms with Gasteiger partial charge >= 0.3 is 0 Å². The van der Waals surface area contributed by atoms with Crippen molar-refractivity contribution in [2.24, 2.45) is 0 Å². The van der Waals surface area contributed by atoms with Gasteiger partial charge in [-0.1, -0.05) is 49.7 Å². The normalized spacial score (nSPS) is 16.3. The van der Waals surface area contributed by atoms with Gasteiger partial charge in [-0.25, -0.2) is 9.67 Å². The molecule has 5 heteroatoms. The minimum absolute atomic E-state index is 0.0496. The Morgan fingerprint density at radius 2 is 2.00 bits per heavy atom. The van der Waals surface area contributed by atoms with Crippen LogP contribution in [0, 0.1) is 0 Å². The minimum atomic E-state index is 0.0496. The van der Waals surface area contributed by atoms with Gasteiger partial charge in [0.25, 0.3) is 5.56 Å². The predicted octanol–water partition coefficient (Wildman–Crippen LogP) is 3.72. The predicted molar refractivity (Wildman–Crippen MR) is 112 cm³/mol. The van der Waals surface area contributed by atoms with Crippen LogP contribution in [0.15, 0.2) is 59.5 Å². The summed E-state index contributed by atoms with van der Waals surface area (Å²) in [7, 11) is 0. The number of unbranched alkanes of at least 4 members (excludes halogenated alkanes) is 1. The van der Waals surface area contributed by atoms with Crippen LogP contribution in [0.2, 0.25) is 0 Å². The molecule has 2 heterocycles. The lowest BCUT2D eigenvalue weighted by Crippen LogP contribution is -2.40. The summed E-state index contributed by atoms with van der Waals surface area (Å²) in [4.78, 5) is 19.9. The zero-order valence-electron chi connectivity index (χ0n) is 16.5. The molecule has 1 aliphatic carbocycles. The van der Waals surface area contributed by atoms with Gasteiger partial charge < -0.3 is 0 Å². The van der Waals surface area contributed by atoms with Gasteiger partial charge in [-0.3, -0.25) is 14.8 Å². The largest absolute Gasteiger partial charge is 0.296 e. The Bertz CT molecular complexity index is 946. The molecule has 3 aromatic rings. The maximum Gasteiger partial charge on any atom is 0.276 e. The standard InChI is InChI=1S/C23H28N4O/c1-2-3-15-26(17-18-9-5-4-6-10-18)19-12-13-21-20(16-19)23(28)27(25-21)22-11-7-8-14-24-22/h4-11,14,19,25H,2-3,12-13,15-17H2,1H3. The fourth-order valence-corrected chi connectivity index (χ4v) is 4.11. The van der Waals surface area contributed by atoms with Gasteiger partial charge in [0.15, 0.2) is 5.82 Å². The molecule has 146 valence electrons. The molecule has 1 atom stereocenters. The first-order valence-corrected chi connectivity index (χ1v) is 10.3. The second-order valence-electron chi connectivity index (χ2n) is 7.60. The summed E-state index contributed by atoms with van der Waals surface area (Å²) in [5.74, 6) is 0.658. The molecule has 0 saturated heterocycles. The fraction of sp³-hybridized carbons (Fsp3) is 0.391. The number of hydrogen-bond acceptors (Lipinski definition) is 3.